The number of rotatable bonds is 4. The average Bonchev–Trinajstić information content (AvgIpc) is 3.04. The summed E-state index contributed by atoms with van der Waals surface area (Å²) in [6.07, 6.45) is 4.27. The lowest BCUT2D eigenvalue weighted by molar-refractivity contribution is 0.185. The molecule has 2 atom stereocenters. The van der Waals surface area contributed by atoms with Crippen molar-refractivity contribution in [2.75, 3.05) is 19.7 Å². The Morgan fingerprint density at radius 1 is 1.25 bits per heavy atom. The van der Waals surface area contributed by atoms with E-state index in [0.717, 1.165) is 37.5 Å². The van der Waals surface area contributed by atoms with Gasteiger partial charge in [-0.05, 0) is 39.2 Å². The first-order chi connectivity index (χ1) is 9.65. The molecule has 0 spiro atoms. The quantitative estimate of drug-likeness (QED) is 0.896. The molecule has 1 aromatic rings. The maximum atomic E-state index is 9.27. The summed E-state index contributed by atoms with van der Waals surface area (Å²) in [5.74, 6) is 3.19. The third-order valence-corrected chi connectivity index (χ3v) is 4.78. The van der Waals surface area contributed by atoms with E-state index < -0.39 is 0 Å². The second kappa shape index (κ2) is 5.82. The van der Waals surface area contributed by atoms with Crippen molar-refractivity contribution in [3.63, 3.8) is 0 Å². The lowest BCUT2D eigenvalue weighted by Gasteiger charge is -2.20. The largest absolute Gasteiger partial charge is 0.396 e. The Balaban J connectivity index is 1.61. The molecule has 20 heavy (non-hydrogen) atoms. The van der Waals surface area contributed by atoms with Crippen LogP contribution in [0.3, 0.4) is 0 Å². The Morgan fingerprint density at radius 3 is 2.80 bits per heavy atom. The Morgan fingerprint density at radius 2 is 2.10 bits per heavy atom. The molecular weight excluding hydrogens is 252 g/mol. The van der Waals surface area contributed by atoms with Gasteiger partial charge in [0.1, 0.15) is 5.82 Å². The molecule has 0 aliphatic carbocycles. The first-order valence-electron chi connectivity index (χ1n) is 7.93. The van der Waals surface area contributed by atoms with E-state index >= 15 is 0 Å². The number of aliphatic hydroxyl groups excluding tert-OH is 1. The van der Waals surface area contributed by atoms with Crippen molar-refractivity contribution >= 4 is 0 Å². The first-order valence-corrected chi connectivity index (χ1v) is 7.93. The predicted molar refractivity (Wildman–Crippen MR) is 77.4 cm³/mol. The van der Waals surface area contributed by atoms with Crippen LogP contribution in [0.15, 0.2) is 0 Å². The SMILES string of the molecule is CC(C)N1CCC(Cc2nc3n(n2)CC(CO)CC3)C1. The Hall–Kier alpha value is -0.940. The van der Waals surface area contributed by atoms with Gasteiger partial charge in [0.05, 0.1) is 0 Å². The van der Waals surface area contributed by atoms with Gasteiger partial charge in [-0.1, -0.05) is 0 Å². The van der Waals surface area contributed by atoms with Crippen molar-refractivity contribution in [2.24, 2.45) is 11.8 Å². The molecule has 1 N–H and O–H groups in total. The van der Waals surface area contributed by atoms with Crippen LogP contribution in [0.5, 0.6) is 0 Å². The second-order valence-corrected chi connectivity index (χ2v) is 6.66. The third-order valence-electron chi connectivity index (χ3n) is 4.78. The normalized spacial score (nSPS) is 27.2. The van der Waals surface area contributed by atoms with Gasteiger partial charge < -0.3 is 10.0 Å². The maximum absolute atomic E-state index is 9.27. The van der Waals surface area contributed by atoms with Gasteiger partial charge >= 0.3 is 0 Å². The summed E-state index contributed by atoms with van der Waals surface area (Å²) in [5.41, 5.74) is 0. The number of aliphatic hydroxyl groups is 1. The molecule has 0 bridgehead atoms. The molecule has 0 saturated carbocycles. The topological polar surface area (TPSA) is 54.2 Å². The summed E-state index contributed by atoms with van der Waals surface area (Å²) in [7, 11) is 0. The molecule has 3 rings (SSSR count). The molecule has 2 aliphatic heterocycles. The molecule has 2 aliphatic rings. The minimum Gasteiger partial charge on any atom is -0.396 e. The van der Waals surface area contributed by atoms with E-state index in [2.05, 4.69) is 23.8 Å². The highest BCUT2D eigenvalue weighted by Crippen LogP contribution is 2.23. The second-order valence-electron chi connectivity index (χ2n) is 6.66. The third kappa shape index (κ3) is 2.88. The van der Waals surface area contributed by atoms with Crippen molar-refractivity contribution in [1.82, 2.24) is 19.7 Å². The number of likely N-dealkylation sites (tertiary alicyclic amines) is 1. The lowest BCUT2D eigenvalue weighted by atomic mass is 10.0. The van der Waals surface area contributed by atoms with E-state index in [0.29, 0.717) is 17.9 Å². The van der Waals surface area contributed by atoms with Crippen molar-refractivity contribution in [2.45, 2.75) is 52.1 Å². The molecule has 3 heterocycles. The van der Waals surface area contributed by atoms with Gasteiger partial charge in [-0.15, -0.1) is 0 Å². The highest BCUT2D eigenvalue weighted by atomic mass is 16.3. The van der Waals surface area contributed by atoms with Crippen LogP contribution < -0.4 is 0 Å². The molecule has 1 fully saturated rings. The average molecular weight is 278 g/mol. The highest BCUT2D eigenvalue weighted by molar-refractivity contribution is 4.99. The summed E-state index contributed by atoms with van der Waals surface area (Å²) >= 11 is 0. The van der Waals surface area contributed by atoms with Crippen LogP contribution in [0.4, 0.5) is 0 Å². The number of aromatic nitrogens is 3. The van der Waals surface area contributed by atoms with Gasteiger partial charge in [0.2, 0.25) is 0 Å². The number of nitrogens with zero attached hydrogens (tertiary/aromatic N) is 4. The fourth-order valence-electron chi connectivity index (χ4n) is 3.42. The fraction of sp³-hybridized carbons (Fsp3) is 0.867. The minimum absolute atomic E-state index is 0.264. The minimum atomic E-state index is 0.264. The van der Waals surface area contributed by atoms with Crippen LogP contribution in [0.2, 0.25) is 0 Å². The van der Waals surface area contributed by atoms with Crippen molar-refractivity contribution in [1.29, 1.82) is 0 Å². The zero-order valence-corrected chi connectivity index (χ0v) is 12.6. The van der Waals surface area contributed by atoms with E-state index in [4.69, 9.17) is 4.98 Å². The Bertz CT molecular complexity index is 457. The summed E-state index contributed by atoms with van der Waals surface area (Å²) in [6, 6.07) is 0.647. The number of fused-ring (bicyclic) bond motifs is 1. The molecule has 1 aromatic heterocycles. The molecule has 1 saturated heterocycles. The van der Waals surface area contributed by atoms with Crippen LogP contribution in [0, 0.1) is 11.8 Å². The van der Waals surface area contributed by atoms with Crippen molar-refractivity contribution in [3.8, 4) is 0 Å². The highest BCUT2D eigenvalue weighted by Gasteiger charge is 2.27. The van der Waals surface area contributed by atoms with Gasteiger partial charge in [-0.3, -0.25) is 0 Å². The van der Waals surface area contributed by atoms with Crippen LogP contribution in [0.25, 0.3) is 0 Å². The number of hydrogen-bond acceptors (Lipinski definition) is 4. The van der Waals surface area contributed by atoms with Crippen molar-refractivity contribution < 1.29 is 5.11 Å². The molecule has 112 valence electrons. The van der Waals surface area contributed by atoms with Crippen LogP contribution in [-0.2, 0) is 19.4 Å². The van der Waals surface area contributed by atoms with Crippen molar-refractivity contribution in [3.05, 3.63) is 11.6 Å². The zero-order valence-electron chi connectivity index (χ0n) is 12.6. The van der Waals surface area contributed by atoms with E-state index in [1.54, 1.807) is 0 Å². The molecule has 2 unspecified atom stereocenters. The maximum Gasteiger partial charge on any atom is 0.151 e. The molecule has 0 aromatic carbocycles. The standard InChI is InChI=1S/C15H26N4O/c1-11(2)18-6-5-12(8-18)7-14-16-15-4-3-13(10-20)9-19(15)17-14/h11-13,20H,3-10H2,1-2H3. The van der Waals surface area contributed by atoms with Gasteiger partial charge in [0.15, 0.2) is 5.82 Å². The monoisotopic (exact) mass is 278 g/mol. The van der Waals surface area contributed by atoms with Gasteiger partial charge in [0.25, 0.3) is 0 Å². The summed E-state index contributed by atoms with van der Waals surface area (Å²) in [4.78, 5) is 7.25. The van der Waals surface area contributed by atoms with E-state index in [9.17, 15) is 5.11 Å². The molecular formula is C15H26N4O. The molecule has 5 nitrogen and oxygen atoms in total. The lowest BCUT2D eigenvalue weighted by Crippen LogP contribution is -2.28. The zero-order chi connectivity index (χ0) is 14.1. The smallest absolute Gasteiger partial charge is 0.151 e. The van der Waals surface area contributed by atoms with Gasteiger partial charge in [-0.25, -0.2) is 9.67 Å². The van der Waals surface area contributed by atoms with Gasteiger partial charge in [-0.2, -0.15) is 5.10 Å². The summed E-state index contributed by atoms with van der Waals surface area (Å²) < 4.78 is 2.02. The number of hydrogen-bond donors (Lipinski definition) is 1. The Kier molecular flexibility index (Phi) is 4.08. The summed E-state index contributed by atoms with van der Waals surface area (Å²) in [5, 5.41) is 13.9. The predicted octanol–water partition coefficient (Wildman–Crippen LogP) is 1.11. The van der Waals surface area contributed by atoms with Gasteiger partial charge in [0, 0.05) is 44.5 Å². The Labute approximate surface area is 121 Å². The van der Waals surface area contributed by atoms with Crippen LogP contribution in [-0.4, -0.2) is 50.5 Å². The molecule has 0 radical (unpaired) electrons. The van der Waals surface area contributed by atoms with E-state index in [-0.39, 0.29) is 6.61 Å². The first kappa shape index (κ1) is 14.0. The number of aryl methyl sites for hydroxylation is 1. The molecule has 0 amide bonds. The summed E-state index contributed by atoms with van der Waals surface area (Å²) in [6.45, 7) is 8.03. The molecule has 5 heteroatoms. The van der Waals surface area contributed by atoms with Crippen LogP contribution in [0.1, 0.15) is 38.3 Å². The van der Waals surface area contributed by atoms with E-state index in [1.807, 2.05) is 4.68 Å². The van der Waals surface area contributed by atoms with E-state index in [1.165, 1.54) is 19.5 Å². The van der Waals surface area contributed by atoms with Crippen LogP contribution >= 0.6 is 0 Å². The fourth-order valence-corrected chi connectivity index (χ4v) is 3.42.